The number of fused-ring (bicyclic) bond motifs is 1. The number of aromatic nitrogens is 1. The Balaban J connectivity index is 1.72. The van der Waals surface area contributed by atoms with Crippen molar-refractivity contribution in [1.29, 1.82) is 0 Å². The van der Waals surface area contributed by atoms with Gasteiger partial charge in [0.25, 0.3) is 0 Å². The van der Waals surface area contributed by atoms with E-state index in [-0.39, 0.29) is 5.82 Å². The highest BCUT2D eigenvalue weighted by Crippen LogP contribution is 2.32. The molecule has 3 aromatic carbocycles. The number of unbranched alkanes of at least 4 members (excludes halogenated alkanes) is 1. The molecule has 1 heterocycles. The molecule has 4 rings (SSSR count). The predicted molar refractivity (Wildman–Crippen MR) is 112 cm³/mol. The fraction of sp³-hybridized carbons (Fsp3) is 0.167. The minimum absolute atomic E-state index is 0.219. The Kier molecular flexibility index (Phi) is 4.68. The van der Waals surface area contributed by atoms with E-state index >= 15 is 4.39 Å². The van der Waals surface area contributed by atoms with E-state index in [4.69, 9.17) is 5.73 Å². The molecule has 136 valence electrons. The van der Waals surface area contributed by atoms with Crippen molar-refractivity contribution < 1.29 is 4.39 Å². The maximum Gasteiger partial charge on any atom is 0.155 e. The first kappa shape index (κ1) is 17.3. The highest BCUT2D eigenvalue weighted by atomic mass is 19.1. The van der Waals surface area contributed by atoms with Crippen LogP contribution >= 0.6 is 0 Å². The molecule has 0 saturated heterocycles. The monoisotopic (exact) mass is 358 g/mol. The molecule has 0 unspecified atom stereocenters. The zero-order chi connectivity index (χ0) is 18.8. The molecule has 0 aliphatic carbocycles. The summed E-state index contributed by atoms with van der Waals surface area (Å²) >= 11 is 0. The summed E-state index contributed by atoms with van der Waals surface area (Å²) in [6, 6.07) is 21.6. The van der Waals surface area contributed by atoms with Gasteiger partial charge < -0.3 is 10.7 Å². The van der Waals surface area contributed by atoms with Gasteiger partial charge in [-0.15, -0.1) is 0 Å². The molecule has 0 bridgehead atoms. The normalized spacial score (nSPS) is 11.2. The van der Waals surface area contributed by atoms with E-state index in [9.17, 15) is 0 Å². The van der Waals surface area contributed by atoms with E-state index in [1.54, 1.807) is 0 Å². The second-order valence-electron chi connectivity index (χ2n) is 7.00. The van der Waals surface area contributed by atoms with Crippen molar-refractivity contribution in [3.8, 4) is 22.4 Å². The fourth-order valence-corrected chi connectivity index (χ4v) is 3.48. The van der Waals surface area contributed by atoms with Crippen LogP contribution in [0.2, 0.25) is 0 Å². The van der Waals surface area contributed by atoms with Crippen molar-refractivity contribution >= 4 is 16.6 Å². The van der Waals surface area contributed by atoms with Crippen LogP contribution in [-0.2, 0) is 6.42 Å². The summed E-state index contributed by atoms with van der Waals surface area (Å²) in [5, 5.41) is 0.855. The number of aryl methyl sites for hydroxylation is 1. The number of anilines is 1. The van der Waals surface area contributed by atoms with E-state index < -0.39 is 0 Å². The van der Waals surface area contributed by atoms with Gasteiger partial charge in [0, 0.05) is 22.3 Å². The summed E-state index contributed by atoms with van der Waals surface area (Å²) in [7, 11) is 0. The number of nitrogen functional groups attached to an aromatic ring is 1. The van der Waals surface area contributed by atoms with Crippen molar-refractivity contribution in [3.63, 3.8) is 0 Å². The van der Waals surface area contributed by atoms with Crippen LogP contribution in [-0.4, -0.2) is 4.98 Å². The minimum atomic E-state index is -0.219. The fourth-order valence-electron chi connectivity index (χ4n) is 3.48. The van der Waals surface area contributed by atoms with Gasteiger partial charge in [-0.1, -0.05) is 61.9 Å². The first-order valence-electron chi connectivity index (χ1n) is 9.42. The Bertz CT molecular complexity index is 1080. The number of hydrogen-bond donors (Lipinski definition) is 2. The highest BCUT2D eigenvalue weighted by molar-refractivity contribution is 5.90. The van der Waals surface area contributed by atoms with Gasteiger partial charge in [-0.2, -0.15) is 0 Å². The molecule has 3 heteroatoms. The summed E-state index contributed by atoms with van der Waals surface area (Å²) in [6.07, 6.45) is 3.42. The van der Waals surface area contributed by atoms with Crippen molar-refractivity contribution in [2.75, 3.05) is 5.73 Å². The second kappa shape index (κ2) is 7.28. The van der Waals surface area contributed by atoms with Gasteiger partial charge in [-0.3, -0.25) is 0 Å². The van der Waals surface area contributed by atoms with Crippen LogP contribution in [0.5, 0.6) is 0 Å². The lowest BCUT2D eigenvalue weighted by atomic mass is 10.0. The quantitative estimate of drug-likeness (QED) is 0.389. The molecule has 3 N–H and O–H groups in total. The van der Waals surface area contributed by atoms with E-state index in [1.165, 1.54) is 18.4 Å². The number of H-pyrrole nitrogens is 1. The van der Waals surface area contributed by atoms with E-state index in [2.05, 4.69) is 24.0 Å². The second-order valence-corrected chi connectivity index (χ2v) is 7.00. The smallest absolute Gasteiger partial charge is 0.155 e. The van der Waals surface area contributed by atoms with Crippen LogP contribution in [0.15, 0.2) is 66.7 Å². The lowest BCUT2D eigenvalue weighted by molar-refractivity contribution is 0.641. The molecule has 0 spiro atoms. The topological polar surface area (TPSA) is 41.8 Å². The molecule has 0 aliphatic heterocycles. The molecule has 0 saturated carbocycles. The zero-order valence-corrected chi connectivity index (χ0v) is 15.4. The van der Waals surface area contributed by atoms with Gasteiger partial charge in [0.1, 0.15) is 0 Å². The van der Waals surface area contributed by atoms with E-state index in [1.807, 2.05) is 54.6 Å². The standard InChI is InChI=1S/C24H23FN2/c1-2-3-5-16-8-10-17(11-9-16)21-13-12-19-15-22(27-24(19)23(21)25)18-6-4-7-20(26)14-18/h4,6-15,27H,2-3,5,26H2,1H3. The number of nitrogens with two attached hydrogens (primary N) is 1. The number of hydrogen-bond acceptors (Lipinski definition) is 1. The molecule has 0 fully saturated rings. The molecule has 4 aromatic rings. The van der Waals surface area contributed by atoms with Crippen LogP contribution in [0, 0.1) is 5.82 Å². The van der Waals surface area contributed by atoms with Crippen molar-refractivity contribution in [1.82, 2.24) is 4.98 Å². The summed E-state index contributed by atoms with van der Waals surface area (Å²) in [5.74, 6) is -0.219. The average Bonchev–Trinajstić information content (AvgIpc) is 3.13. The van der Waals surface area contributed by atoms with Crippen LogP contribution in [0.3, 0.4) is 0 Å². The van der Waals surface area contributed by atoms with Crippen molar-refractivity contribution in [2.24, 2.45) is 0 Å². The Morgan fingerprint density at radius 3 is 2.48 bits per heavy atom. The van der Waals surface area contributed by atoms with E-state index in [0.717, 1.165) is 28.6 Å². The molecule has 0 aliphatic rings. The van der Waals surface area contributed by atoms with E-state index in [0.29, 0.717) is 16.8 Å². The van der Waals surface area contributed by atoms with Crippen LogP contribution < -0.4 is 5.73 Å². The lowest BCUT2D eigenvalue weighted by Crippen LogP contribution is -1.89. The summed E-state index contributed by atoms with van der Waals surface area (Å²) in [5.41, 5.74) is 11.7. The van der Waals surface area contributed by atoms with Gasteiger partial charge in [0.2, 0.25) is 0 Å². The average molecular weight is 358 g/mol. The number of halogens is 1. The van der Waals surface area contributed by atoms with Crippen LogP contribution in [0.4, 0.5) is 10.1 Å². The van der Waals surface area contributed by atoms with Gasteiger partial charge >= 0.3 is 0 Å². The lowest BCUT2D eigenvalue weighted by Gasteiger charge is -2.06. The zero-order valence-electron chi connectivity index (χ0n) is 15.4. The molecule has 0 amide bonds. The molecule has 0 atom stereocenters. The molecule has 27 heavy (non-hydrogen) atoms. The largest absolute Gasteiger partial charge is 0.399 e. The SMILES string of the molecule is CCCCc1ccc(-c2ccc3cc(-c4cccc(N)c4)[nH]c3c2F)cc1. The molecule has 0 radical (unpaired) electrons. The first-order valence-corrected chi connectivity index (χ1v) is 9.42. The van der Waals surface area contributed by atoms with Gasteiger partial charge in [-0.25, -0.2) is 4.39 Å². The third kappa shape index (κ3) is 3.45. The number of aromatic amines is 1. The Hall–Kier alpha value is -3.07. The predicted octanol–water partition coefficient (Wildman–Crippen LogP) is 6.57. The summed E-state index contributed by atoms with van der Waals surface area (Å²) in [4.78, 5) is 3.23. The molecule has 1 aromatic heterocycles. The van der Waals surface area contributed by atoms with Crippen molar-refractivity contribution in [3.05, 3.63) is 78.1 Å². The number of benzene rings is 3. The minimum Gasteiger partial charge on any atom is -0.399 e. The molecular formula is C24H23FN2. The first-order chi connectivity index (χ1) is 13.2. The maximum atomic E-state index is 15.2. The number of nitrogens with one attached hydrogen (secondary N) is 1. The Morgan fingerprint density at radius 2 is 1.74 bits per heavy atom. The summed E-state index contributed by atoms with van der Waals surface area (Å²) < 4.78 is 15.2. The van der Waals surface area contributed by atoms with Crippen LogP contribution in [0.25, 0.3) is 33.3 Å². The number of rotatable bonds is 5. The molecular weight excluding hydrogens is 335 g/mol. The molecule has 2 nitrogen and oxygen atoms in total. The van der Waals surface area contributed by atoms with Gasteiger partial charge in [0.05, 0.1) is 5.52 Å². The van der Waals surface area contributed by atoms with Crippen LogP contribution in [0.1, 0.15) is 25.3 Å². The third-order valence-electron chi connectivity index (χ3n) is 5.02. The summed E-state index contributed by atoms with van der Waals surface area (Å²) in [6.45, 7) is 2.19. The van der Waals surface area contributed by atoms with Gasteiger partial charge in [-0.05, 0) is 47.7 Å². The van der Waals surface area contributed by atoms with Gasteiger partial charge in [0.15, 0.2) is 5.82 Å². The van der Waals surface area contributed by atoms with Crippen molar-refractivity contribution in [2.45, 2.75) is 26.2 Å². The third-order valence-corrected chi connectivity index (χ3v) is 5.02. The Morgan fingerprint density at radius 1 is 0.926 bits per heavy atom. The highest BCUT2D eigenvalue weighted by Gasteiger charge is 2.13. The maximum absolute atomic E-state index is 15.2. The Labute approximate surface area is 158 Å².